The summed E-state index contributed by atoms with van der Waals surface area (Å²) >= 11 is 0. The van der Waals surface area contributed by atoms with E-state index in [0.717, 1.165) is 23.2 Å². The SMILES string of the molecule is CCOC(=O)CCNC(=O)NCc1ccc2c(c1)CCN2C(C)=O. The number of amides is 3. The van der Waals surface area contributed by atoms with Gasteiger partial charge >= 0.3 is 12.0 Å². The van der Waals surface area contributed by atoms with E-state index in [1.165, 1.54) is 0 Å². The molecule has 3 amide bonds. The fraction of sp³-hybridized carbons (Fsp3) is 0.471. The molecule has 0 saturated heterocycles. The molecule has 0 radical (unpaired) electrons. The number of nitrogens with one attached hydrogen (secondary N) is 2. The van der Waals surface area contributed by atoms with Crippen LogP contribution in [-0.2, 0) is 27.3 Å². The molecule has 2 N–H and O–H groups in total. The number of nitrogens with zero attached hydrogens (tertiary/aromatic N) is 1. The Hall–Kier alpha value is -2.57. The van der Waals surface area contributed by atoms with Crippen molar-refractivity contribution in [1.82, 2.24) is 10.6 Å². The fourth-order valence-electron chi connectivity index (χ4n) is 2.65. The van der Waals surface area contributed by atoms with Gasteiger partial charge < -0.3 is 20.3 Å². The first kappa shape index (κ1) is 17.8. The number of fused-ring (bicyclic) bond motifs is 1. The quantitative estimate of drug-likeness (QED) is 0.769. The number of ether oxygens (including phenoxy) is 1. The smallest absolute Gasteiger partial charge is 0.315 e. The number of carbonyl (C=O) groups is 3. The highest BCUT2D eigenvalue weighted by molar-refractivity contribution is 5.93. The van der Waals surface area contributed by atoms with Crippen LogP contribution in [0, 0.1) is 0 Å². The molecule has 0 aliphatic carbocycles. The predicted molar refractivity (Wildman–Crippen MR) is 89.7 cm³/mol. The lowest BCUT2D eigenvalue weighted by atomic mass is 10.1. The van der Waals surface area contributed by atoms with E-state index in [9.17, 15) is 14.4 Å². The van der Waals surface area contributed by atoms with E-state index in [2.05, 4.69) is 10.6 Å². The summed E-state index contributed by atoms with van der Waals surface area (Å²) in [6, 6.07) is 5.50. The Morgan fingerprint density at radius 3 is 2.75 bits per heavy atom. The van der Waals surface area contributed by atoms with Gasteiger partial charge in [-0.05, 0) is 30.5 Å². The Kier molecular flexibility index (Phi) is 6.17. The van der Waals surface area contributed by atoms with Crippen molar-refractivity contribution in [3.63, 3.8) is 0 Å². The number of rotatable bonds is 6. The van der Waals surface area contributed by atoms with Crippen LogP contribution in [0.2, 0.25) is 0 Å². The van der Waals surface area contributed by atoms with Crippen molar-refractivity contribution in [2.75, 3.05) is 24.6 Å². The summed E-state index contributed by atoms with van der Waals surface area (Å²) in [6.07, 6.45) is 0.982. The predicted octanol–water partition coefficient (Wildman–Crippen LogP) is 1.35. The maximum absolute atomic E-state index is 11.7. The highest BCUT2D eigenvalue weighted by atomic mass is 16.5. The highest BCUT2D eigenvalue weighted by Gasteiger charge is 2.21. The van der Waals surface area contributed by atoms with Crippen molar-refractivity contribution >= 4 is 23.6 Å². The molecule has 1 aromatic rings. The minimum Gasteiger partial charge on any atom is -0.466 e. The van der Waals surface area contributed by atoms with Crippen molar-refractivity contribution in [3.8, 4) is 0 Å². The average molecular weight is 333 g/mol. The molecule has 0 unspecified atom stereocenters. The lowest BCUT2D eigenvalue weighted by molar-refractivity contribution is -0.142. The first-order chi connectivity index (χ1) is 11.5. The Balaban J connectivity index is 1.78. The number of anilines is 1. The molecule has 1 heterocycles. The summed E-state index contributed by atoms with van der Waals surface area (Å²) in [4.78, 5) is 36.2. The molecule has 2 rings (SSSR count). The largest absolute Gasteiger partial charge is 0.466 e. The van der Waals surface area contributed by atoms with E-state index in [0.29, 0.717) is 19.7 Å². The van der Waals surface area contributed by atoms with Gasteiger partial charge in [-0.1, -0.05) is 12.1 Å². The summed E-state index contributed by atoms with van der Waals surface area (Å²) < 4.78 is 4.78. The third-order valence-electron chi connectivity index (χ3n) is 3.79. The Bertz CT molecular complexity index is 630. The van der Waals surface area contributed by atoms with Gasteiger partial charge in [0.15, 0.2) is 0 Å². The van der Waals surface area contributed by atoms with Crippen LogP contribution in [0.25, 0.3) is 0 Å². The van der Waals surface area contributed by atoms with Gasteiger partial charge in [-0.3, -0.25) is 9.59 Å². The first-order valence-corrected chi connectivity index (χ1v) is 8.08. The summed E-state index contributed by atoms with van der Waals surface area (Å²) in [5.41, 5.74) is 3.04. The number of urea groups is 1. The Morgan fingerprint density at radius 1 is 1.25 bits per heavy atom. The van der Waals surface area contributed by atoms with E-state index < -0.39 is 0 Å². The van der Waals surface area contributed by atoms with Crippen LogP contribution in [0.4, 0.5) is 10.5 Å². The second-order valence-corrected chi connectivity index (χ2v) is 5.55. The summed E-state index contributed by atoms with van der Waals surface area (Å²) in [5, 5.41) is 5.36. The van der Waals surface area contributed by atoms with Gasteiger partial charge in [-0.2, -0.15) is 0 Å². The van der Waals surface area contributed by atoms with Gasteiger partial charge in [-0.25, -0.2) is 4.79 Å². The first-order valence-electron chi connectivity index (χ1n) is 8.08. The van der Waals surface area contributed by atoms with E-state index in [4.69, 9.17) is 4.74 Å². The van der Waals surface area contributed by atoms with Crippen LogP contribution in [-0.4, -0.2) is 37.6 Å². The van der Waals surface area contributed by atoms with Crippen molar-refractivity contribution in [3.05, 3.63) is 29.3 Å². The number of carbonyl (C=O) groups excluding carboxylic acids is 3. The molecule has 1 aromatic carbocycles. The number of hydrogen-bond donors (Lipinski definition) is 2. The van der Waals surface area contributed by atoms with E-state index in [1.54, 1.807) is 18.7 Å². The highest BCUT2D eigenvalue weighted by Crippen LogP contribution is 2.28. The fourth-order valence-corrected chi connectivity index (χ4v) is 2.65. The molecular weight excluding hydrogens is 310 g/mol. The molecule has 0 aromatic heterocycles. The van der Waals surface area contributed by atoms with E-state index >= 15 is 0 Å². The second kappa shape index (κ2) is 8.33. The third-order valence-corrected chi connectivity index (χ3v) is 3.79. The van der Waals surface area contributed by atoms with Gasteiger partial charge in [0.25, 0.3) is 0 Å². The lowest BCUT2D eigenvalue weighted by Gasteiger charge is -2.15. The van der Waals surface area contributed by atoms with Gasteiger partial charge in [-0.15, -0.1) is 0 Å². The van der Waals surface area contributed by atoms with Crippen molar-refractivity contribution in [2.24, 2.45) is 0 Å². The monoisotopic (exact) mass is 333 g/mol. The third kappa shape index (κ3) is 4.71. The topological polar surface area (TPSA) is 87.7 Å². The van der Waals surface area contributed by atoms with Crippen LogP contribution in [0.1, 0.15) is 31.4 Å². The molecule has 7 nitrogen and oxygen atoms in total. The van der Waals surface area contributed by atoms with Crippen LogP contribution < -0.4 is 15.5 Å². The molecule has 0 atom stereocenters. The summed E-state index contributed by atoms with van der Waals surface area (Å²) in [6.45, 7) is 4.97. The van der Waals surface area contributed by atoms with Crippen LogP contribution in [0.5, 0.6) is 0 Å². The molecule has 24 heavy (non-hydrogen) atoms. The molecule has 0 saturated carbocycles. The minimum absolute atomic E-state index is 0.0422. The van der Waals surface area contributed by atoms with Crippen LogP contribution in [0.3, 0.4) is 0 Å². The van der Waals surface area contributed by atoms with Gasteiger partial charge in [0.05, 0.1) is 13.0 Å². The van der Waals surface area contributed by atoms with Crippen LogP contribution in [0.15, 0.2) is 18.2 Å². The number of benzene rings is 1. The standard InChI is InChI=1S/C17H23N3O4/c1-3-24-16(22)6-8-18-17(23)19-11-13-4-5-15-14(10-13)7-9-20(15)12(2)21/h4-5,10H,3,6-9,11H2,1-2H3,(H2,18,19,23). The molecule has 0 spiro atoms. The summed E-state index contributed by atoms with van der Waals surface area (Å²) in [7, 11) is 0. The van der Waals surface area contributed by atoms with Crippen molar-refractivity contribution < 1.29 is 19.1 Å². The number of esters is 1. The normalized spacial score (nSPS) is 12.5. The van der Waals surface area contributed by atoms with Gasteiger partial charge in [0, 0.05) is 32.2 Å². The lowest BCUT2D eigenvalue weighted by Crippen LogP contribution is -2.36. The molecule has 130 valence electrons. The Labute approximate surface area is 141 Å². The molecule has 1 aliphatic rings. The maximum Gasteiger partial charge on any atom is 0.315 e. The van der Waals surface area contributed by atoms with Crippen molar-refractivity contribution in [1.29, 1.82) is 0 Å². The number of hydrogen-bond acceptors (Lipinski definition) is 4. The molecule has 0 bridgehead atoms. The maximum atomic E-state index is 11.7. The Morgan fingerprint density at radius 2 is 2.04 bits per heavy atom. The molecular formula is C17H23N3O4. The van der Waals surface area contributed by atoms with Gasteiger partial charge in [0.1, 0.15) is 0 Å². The van der Waals surface area contributed by atoms with Gasteiger partial charge in [0.2, 0.25) is 5.91 Å². The molecule has 7 heteroatoms. The van der Waals surface area contributed by atoms with Crippen LogP contribution >= 0.6 is 0 Å². The minimum atomic E-state index is -0.329. The van der Waals surface area contributed by atoms with Crippen molar-refractivity contribution in [2.45, 2.75) is 33.2 Å². The average Bonchev–Trinajstić information content (AvgIpc) is 2.96. The molecule has 1 aliphatic heterocycles. The zero-order valence-corrected chi connectivity index (χ0v) is 14.1. The van der Waals surface area contributed by atoms with E-state index in [-0.39, 0.29) is 30.9 Å². The molecule has 0 fully saturated rings. The van der Waals surface area contributed by atoms with E-state index in [1.807, 2.05) is 18.2 Å². The second-order valence-electron chi connectivity index (χ2n) is 5.55. The summed E-state index contributed by atoms with van der Waals surface area (Å²) in [5.74, 6) is -0.285. The zero-order chi connectivity index (χ0) is 17.5. The zero-order valence-electron chi connectivity index (χ0n) is 14.1.